The first-order chi connectivity index (χ1) is 6.07. The van der Waals surface area contributed by atoms with E-state index in [-0.39, 0.29) is 27.4 Å². The molecule has 13 heavy (non-hydrogen) atoms. The first-order valence-electron chi connectivity index (χ1n) is 3.40. The predicted octanol–water partition coefficient (Wildman–Crippen LogP) is 2.64. The van der Waals surface area contributed by atoms with Gasteiger partial charge in [-0.15, -0.1) is 0 Å². The maximum Gasteiger partial charge on any atom is 0.174 e. The van der Waals surface area contributed by atoms with Crippen LogP contribution in [0.5, 0.6) is 0 Å². The van der Waals surface area contributed by atoms with Gasteiger partial charge in [0.15, 0.2) is 11.6 Å². The number of alkyl halides is 1. The summed E-state index contributed by atoms with van der Waals surface area (Å²) in [6.07, 6.45) is 0. The summed E-state index contributed by atoms with van der Waals surface area (Å²) in [5.74, 6) is -1.02. The first-order valence-corrected chi connectivity index (χ1v) is 4.90. The molecule has 0 saturated heterocycles. The van der Waals surface area contributed by atoms with Gasteiger partial charge in [0.2, 0.25) is 0 Å². The highest BCUT2D eigenvalue weighted by molar-refractivity contribution is 9.09. The highest BCUT2D eigenvalue weighted by Gasteiger charge is 2.14. The molecule has 1 aromatic rings. The Morgan fingerprint density at radius 1 is 1.62 bits per heavy atom. The number of hydrogen-bond donors (Lipinski definition) is 1. The molecule has 0 bridgehead atoms. The van der Waals surface area contributed by atoms with E-state index in [2.05, 4.69) is 15.9 Å². The van der Waals surface area contributed by atoms with Crippen LogP contribution < -0.4 is 5.73 Å². The predicted molar refractivity (Wildman–Crippen MR) is 53.9 cm³/mol. The molecule has 2 N–H and O–H groups in total. The lowest BCUT2D eigenvalue weighted by atomic mass is 10.1. The van der Waals surface area contributed by atoms with Crippen LogP contribution in [0, 0.1) is 5.82 Å². The van der Waals surface area contributed by atoms with E-state index in [1.807, 2.05) is 0 Å². The number of carbonyl (C=O) groups excluding carboxylic acids is 1. The molecule has 0 spiro atoms. The Bertz CT molecular complexity index is 356. The molecule has 0 amide bonds. The zero-order valence-corrected chi connectivity index (χ0v) is 8.82. The summed E-state index contributed by atoms with van der Waals surface area (Å²) < 4.78 is 13.1. The molecule has 0 unspecified atom stereocenters. The van der Waals surface area contributed by atoms with E-state index < -0.39 is 5.82 Å². The fraction of sp³-hybridized carbons (Fsp3) is 0.125. The molecule has 1 rings (SSSR count). The van der Waals surface area contributed by atoms with Gasteiger partial charge in [0.25, 0.3) is 0 Å². The smallest absolute Gasteiger partial charge is 0.174 e. The highest BCUT2D eigenvalue weighted by Crippen LogP contribution is 2.25. The zero-order chi connectivity index (χ0) is 10.0. The van der Waals surface area contributed by atoms with Crippen LogP contribution >= 0.6 is 27.5 Å². The molecule has 0 aliphatic carbocycles. The molecule has 0 atom stereocenters. The van der Waals surface area contributed by atoms with Gasteiger partial charge in [0.05, 0.1) is 16.0 Å². The van der Waals surface area contributed by atoms with Crippen LogP contribution in [0.15, 0.2) is 12.1 Å². The Morgan fingerprint density at radius 2 is 2.23 bits per heavy atom. The number of nitrogens with two attached hydrogens (primary N) is 1. The van der Waals surface area contributed by atoms with E-state index in [1.54, 1.807) is 0 Å². The first kappa shape index (κ1) is 10.5. The van der Waals surface area contributed by atoms with Crippen LogP contribution in [0.2, 0.25) is 5.02 Å². The van der Waals surface area contributed by atoms with Crippen molar-refractivity contribution in [2.75, 3.05) is 11.1 Å². The van der Waals surface area contributed by atoms with E-state index in [0.29, 0.717) is 0 Å². The zero-order valence-electron chi connectivity index (χ0n) is 6.48. The third kappa shape index (κ3) is 2.00. The summed E-state index contributed by atoms with van der Waals surface area (Å²) in [6.45, 7) is 0. The van der Waals surface area contributed by atoms with Crippen LogP contribution in [-0.2, 0) is 0 Å². The van der Waals surface area contributed by atoms with Gasteiger partial charge in [-0.2, -0.15) is 0 Å². The van der Waals surface area contributed by atoms with E-state index in [4.69, 9.17) is 17.3 Å². The van der Waals surface area contributed by atoms with Crippen molar-refractivity contribution in [3.8, 4) is 0 Å². The minimum absolute atomic E-state index is 0.0591. The monoisotopic (exact) mass is 265 g/mol. The van der Waals surface area contributed by atoms with Crippen LogP contribution in [0.25, 0.3) is 0 Å². The SMILES string of the molecule is Nc1ccc(C(=O)CBr)c(Cl)c1F. The second-order valence-electron chi connectivity index (χ2n) is 2.39. The van der Waals surface area contributed by atoms with Crippen molar-refractivity contribution in [3.05, 3.63) is 28.5 Å². The maximum atomic E-state index is 13.1. The summed E-state index contributed by atoms with van der Waals surface area (Å²) >= 11 is 8.54. The van der Waals surface area contributed by atoms with Crippen molar-refractivity contribution >= 4 is 39.0 Å². The molecular formula is C8H6BrClFNO. The van der Waals surface area contributed by atoms with Crippen LogP contribution in [0.1, 0.15) is 10.4 Å². The fourth-order valence-corrected chi connectivity index (χ4v) is 1.43. The van der Waals surface area contributed by atoms with Gasteiger partial charge >= 0.3 is 0 Å². The van der Waals surface area contributed by atoms with E-state index in [9.17, 15) is 9.18 Å². The molecule has 0 aliphatic heterocycles. The van der Waals surface area contributed by atoms with Gasteiger partial charge in [0.1, 0.15) is 0 Å². The minimum atomic E-state index is -0.742. The quantitative estimate of drug-likeness (QED) is 0.508. The number of nitrogen functional groups attached to an aromatic ring is 1. The second kappa shape index (κ2) is 4.07. The number of halogens is 3. The third-order valence-corrected chi connectivity index (χ3v) is 2.41. The minimum Gasteiger partial charge on any atom is -0.396 e. The van der Waals surface area contributed by atoms with Gasteiger partial charge in [0, 0.05) is 5.56 Å². The van der Waals surface area contributed by atoms with Crippen LogP contribution in [-0.4, -0.2) is 11.1 Å². The van der Waals surface area contributed by atoms with Gasteiger partial charge in [-0.05, 0) is 12.1 Å². The topological polar surface area (TPSA) is 43.1 Å². The molecule has 0 radical (unpaired) electrons. The Hall–Kier alpha value is -0.610. The number of rotatable bonds is 2. The van der Waals surface area contributed by atoms with Crippen molar-refractivity contribution in [2.24, 2.45) is 0 Å². The summed E-state index contributed by atoms with van der Waals surface area (Å²) in [6, 6.07) is 2.72. The number of hydrogen-bond acceptors (Lipinski definition) is 2. The van der Waals surface area contributed by atoms with Crippen molar-refractivity contribution in [2.45, 2.75) is 0 Å². The Kier molecular flexibility index (Phi) is 3.27. The molecule has 0 heterocycles. The number of carbonyl (C=O) groups is 1. The standard InChI is InChI=1S/C8H6BrClFNO/c9-3-6(13)4-1-2-5(12)8(11)7(4)10/h1-2H,3,12H2. The lowest BCUT2D eigenvalue weighted by Crippen LogP contribution is -2.03. The highest BCUT2D eigenvalue weighted by atomic mass is 79.9. The number of benzene rings is 1. The molecular weight excluding hydrogens is 260 g/mol. The number of anilines is 1. The fourth-order valence-electron chi connectivity index (χ4n) is 0.852. The van der Waals surface area contributed by atoms with Gasteiger partial charge in [-0.25, -0.2) is 4.39 Å². The number of ketones is 1. The largest absolute Gasteiger partial charge is 0.396 e. The van der Waals surface area contributed by atoms with Crippen LogP contribution in [0.3, 0.4) is 0 Å². The molecule has 70 valence electrons. The molecule has 0 aromatic heterocycles. The third-order valence-electron chi connectivity index (χ3n) is 1.53. The molecule has 1 aromatic carbocycles. The average molecular weight is 266 g/mol. The Morgan fingerprint density at radius 3 is 2.77 bits per heavy atom. The van der Waals surface area contributed by atoms with Crippen molar-refractivity contribution in [3.63, 3.8) is 0 Å². The van der Waals surface area contributed by atoms with Gasteiger partial charge < -0.3 is 5.73 Å². The van der Waals surface area contributed by atoms with E-state index >= 15 is 0 Å². The van der Waals surface area contributed by atoms with Crippen molar-refractivity contribution in [1.29, 1.82) is 0 Å². The second-order valence-corrected chi connectivity index (χ2v) is 3.33. The summed E-state index contributed by atoms with van der Waals surface area (Å²) in [5, 5.41) is -0.111. The summed E-state index contributed by atoms with van der Waals surface area (Å²) in [5.41, 5.74) is 5.33. The molecule has 0 saturated carbocycles. The van der Waals surface area contributed by atoms with Gasteiger partial charge in [-0.3, -0.25) is 4.79 Å². The lowest BCUT2D eigenvalue weighted by molar-refractivity contribution is 0.102. The molecule has 0 fully saturated rings. The molecule has 0 aliphatic rings. The maximum absolute atomic E-state index is 13.1. The number of Topliss-reactive ketones (excluding diaryl/α,β-unsaturated/α-hetero) is 1. The normalized spacial score (nSPS) is 10.1. The average Bonchev–Trinajstić information content (AvgIpc) is 2.13. The van der Waals surface area contributed by atoms with Gasteiger partial charge in [-0.1, -0.05) is 27.5 Å². The van der Waals surface area contributed by atoms with E-state index in [1.165, 1.54) is 12.1 Å². The molecule has 2 nitrogen and oxygen atoms in total. The molecule has 5 heteroatoms. The van der Waals surface area contributed by atoms with Crippen molar-refractivity contribution in [1.82, 2.24) is 0 Å². The van der Waals surface area contributed by atoms with E-state index in [0.717, 1.165) is 0 Å². The Balaban J connectivity index is 3.26. The summed E-state index contributed by atoms with van der Waals surface area (Å²) in [4.78, 5) is 11.2. The Labute approximate surface area is 88.0 Å². The lowest BCUT2D eigenvalue weighted by Gasteiger charge is -2.03. The summed E-state index contributed by atoms with van der Waals surface area (Å²) in [7, 11) is 0. The van der Waals surface area contributed by atoms with Crippen molar-refractivity contribution < 1.29 is 9.18 Å². The van der Waals surface area contributed by atoms with Crippen LogP contribution in [0.4, 0.5) is 10.1 Å².